The zero-order chi connectivity index (χ0) is 20.3. The van der Waals surface area contributed by atoms with Crippen LogP contribution >= 0.6 is 0 Å². The van der Waals surface area contributed by atoms with Crippen molar-refractivity contribution in [2.45, 2.75) is 64.9 Å². The van der Waals surface area contributed by atoms with Gasteiger partial charge >= 0.3 is 5.97 Å². The Kier molecular flexibility index (Phi) is 4.46. The van der Waals surface area contributed by atoms with E-state index in [1.165, 1.54) is 12.5 Å². The molecule has 4 aliphatic rings. The predicted octanol–water partition coefficient (Wildman–Crippen LogP) is 3.16. The average molecular weight is 386 g/mol. The lowest BCUT2D eigenvalue weighted by Crippen LogP contribution is -2.58. The summed E-state index contributed by atoms with van der Waals surface area (Å²) in [6, 6.07) is 0. The van der Waals surface area contributed by atoms with Gasteiger partial charge in [0, 0.05) is 17.8 Å². The maximum atomic E-state index is 12.8. The molecule has 5 heteroatoms. The molecule has 0 aromatic rings. The number of hydrogen-bond donors (Lipinski definition) is 1. The van der Waals surface area contributed by atoms with Crippen LogP contribution in [0.4, 0.5) is 0 Å². The zero-order valence-corrected chi connectivity index (χ0v) is 17.0. The normalized spacial score (nSPS) is 44.2. The number of hydrogen-bond acceptors (Lipinski definition) is 5. The van der Waals surface area contributed by atoms with Crippen molar-refractivity contribution in [3.8, 4) is 0 Å². The summed E-state index contributed by atoms with van der Waals surface area (Å²) in [5.41, 5.74) is -0.769. The van der Waals surface area contributed by atoms with Gasteiger partial charge in [0.1, 0.15) is 5.60 Å². The zero-order valence-electron chi connectivity index (χ0n) is 17.0. The highest BCUT2D eigenvalue weighted by molar-refractivity contribution is 6.01. The lowest BCUT2D eigenvalue weighted by molar-refractivity contribution is -0.168. The molecule has 0 saturated heterocycles. The molecule has 152 valence electrons. The van der Waals surface area contributed by atoms with E-state index in [1.807, 2.05) is 6.08 Å². The molecule has 1 N–H and O–H groups in total. The lowest BCUT2D eigenvalue weighted by Gasteiger charge is -2.57. The molecule has 0 heterocycles. The van der Waals surface area contributed by atoms with Gasteiger partial charge in [-0.3, -0.25) is 14.4 Å². The standard InChI is InChI=1S/C23H30O5/c1-14(24)28-13-20(26)23(27)11-8-19-17-5-4-15-12-16(25)6-9-21(15,2)18(17)7-10-22(19,23)3/h6,9,12,17-19,27H,4-5,7-8,10-11,13H2,1-3H3/t17-,18+,19+,21+,22-,23+/m0/s1. The number of allylic oxidation sites excluding steroid dienone is 4. The topological polar surface area (TPSA) is 80.7 Å². The summed E-state index contributed by atoms with van der Waals surface area (Å²) in [6.45, 7) is 5.23. The minimum absolute atomic E-state index is 0.0814. The van der Waals surface area contributed by atoms with E-state index in [0.717, 1.165) is 32.1 Å². The van der Waals surface area contributed by atoms with Crippen LogP contribution in [0.15, 0.2) is 23.8 Å². The first-order chi connectivity index (χ1) is 13.1. The van der Waals surface area contributed by atoms with Crippen molar-refractivity contribution in [3.63, 3.8) is 0 Å². The number of carbonyl (C=O) groups excluding carboxylic acids is 3. The van der Waals surface area contributed by atoms with Crippen LogP contribution < -0.4 is 0 Å². The Morgan fingerprint density at radius 3 is 2.61 bits per heavy atom. The maximum Gasteiger partial charge on any atom is 0.303 e. The summed E-state index contributed by atoms with van der Waals surface area (Å²) in [5.74, 6) is 0.338. The summed E-state index contributed by atoms with van der Waals surface area (Å²) < 4.78 is 4.91. The third-order valence-corrected chi connectivity index (χ3v) is 8.58. The molecule has 5 nitrogen and oxygen atoms in total. The van der Waals surface area contributed by atoms with Crippen molar-refractivity contribution >= 4 is 17.5 Å². The Balaban J connectivity index is 1.61. The Hall–Kier alpha value is -1.75. The smallest absolute Gasteiger partial charge is 0.303 e. The molecule has 0 spiro atoms. The van der Waals surface area contributed by atoms with Crippen molar-refractivity contribution in [1.82, 2.24) is 0 Å². The van der Waals surface area contributed by atoms with E-state index in [9.17, 15) is 19.5 Å². The number of carbonyl (C=O) groups is 3. The Morgan fingerprint density at radius 2 is 1.89 bits per heavy atom. The largest absolute Gasteiger partial charge is 0.458 e. The first-order valence-electron chi connectivity index (χ1n) is 10.4. The summed E-state index contributed by atoms with van der Waals surface area (Å²) in [4.78, 5) is 35.8. The van der Waals surface area contributed by atoms with Gasteiger partial charge in [-0.15, -0.1) is 0 Å². The van der Waals surface area contributed by atoms with Gasteiger partial charge in [-0.2, -0.15) is 0 Å². The van der Waals surface area contributed by atoms with Gasteiger partial charge in [-0.05, 0) is 68.4 Å². The number of fused-ring (bicyclic) bond motifs is 5. The number of rotatable bonds is 3. The van der Waals surface area contributed by atoms with Crippen LogP contribution in [0.25, 0.3) is 0 Å². The highest BCUT2D eigenvalue weighted by Crippen LogP contribution is 2.67. The SMILES string of the molecule is CC(=O)OCC(=O)[C@]1(O)CC[C@@H]2[C@H]3CCC4=CC(=O)C=C[C@@]4(C)[C@@H]3CC[C@@]21C. The summed E-state index contributed by atoms with van der Waals surface area (Å²) in [5, 5.41) is 11.4. The van der Waals surface area contributed by atoms with Crippen LogP contribution in [-0.2, 0) is 19.1 Å². The maximum absolute atomic E-state index is 12.8. The Bertz CT molecular complexity index is 795. The van der Waals surface area contributed by atoms with E-state index in [2.05, 4.69) is 19.9 Å². The molecule has 0 bridgehead atoms. The molecule has 6 atom stereocenters. The van der Waals surface area contributed by atoms with Crippen molar-refractivity contribution in [1.29, 1.82) is 0 Å². The van der Waals surface area contributed by atoms with Gasteiger partial charge in [0.25, 0.3) is 0 Å². The predicted molar refractivity (Wildman–Crippen MR) is 103 cm³/mol. The fourth-order valence-electron chi connectivity index (χ4n) is 6.96. The van der Waals surface area contributed by atoms with Crippen molar-refractivity contribution in [3.05, 3.63) is 23.8 Å². The van der Waals surface area contributed by atoms with E-state index in [0.29, 0.717) is 18.3 Å². The van der Waals surface area contributed by atoms with Crippen molar-refractivity contribution in [2.24, 2.45) is 28.6 Å². The van der Waals surface area contributed by atoms with Crippen molar-refractivity contribution in [2.75, 3.05) is 6.61 Å². The van der Waals surface area contributed by atoms with Gasteiger partial charge in [0.05, 0.1) is 0 Å². The number of esters is 1. The average Bonchev–Trinajstić information content (AvgIpc) is 2.92. The van der Waals surface area contributed by atoms with Gasteiger partial charge < -0.3 is 9.84 Å². The molecule has 28 heavy (non-hydrogen) atoms. The van der Waals surface area contributed by atoms with E-state index in [-0.39, 0.29) is 29.5 Å². The van der Waals surface area contributed by atoms with Crippen LogP contribution in [0.1, 0.15) is 59.3 Å². The molecule has 3 saturated carbocycles. The quantitative estimate of drug-likeness (QED) is 0.754. The molecule has 4 aliphatic carbocycles. The fraction of sp³-hybridized carbons (Fsp3) is 0.696. The van der Waals surface area contributed by atoms with Gasteiger partial charge in [-0.1, -0.05) is 25.5 Å². The molecule has 4 rings (SSSR count). The third kappa shape index (κ3) is 2.58. The third-order valence-electron chi connectivity index (χ3n) is 8.58. The molecule has 0 radical (unpaired) electrons. The van der Waals surface area contributed by atoms with Crippen molar-refractivity contribution < 1.29 is 24.2 Å². The highest BCUT2D eigenvalue weighted by atomic mass is 16.5. The van der Waals surface area contributed by atoms with Crippen LogP contribution in [0.5, 0.6) is 0 Å². The minimum atomic E-state index is -1.42. The van der Waals surface area contributed by atoms with Gasteiger partial charge in [0.2, 0.25) is 5.78 Å². The monoisotopic (exact) mass is 386 g/mol. The molecule has 0 aliphatic heterocycles. The van der Waals surface area contributed by atoms with Gasteiger partial charge in [-0.25, -0.2) is 0 Å². The minimum Gasteiger partial charge on any atom is -0.458 e. The Morgan fingerprint density at radius 1 is 1.18 bits per heavy atom. The molecule has 3 fully saturated rings. The number of ketones is 2. The van der Waals surface area contributed by atoms with E-state index in [4.69, 9.17) is 4.74 Å². The molecular formula is C23H30O5. The molecule has 0 amide bonds. The van der Waals surface area contributed by atoms with Crippen LogP contribution in [0.3, 0.4) is 0 Å². The van der Waals surface area contributed by atoms with E-state index < -0.39 is 17.0 Å². The molecule has 0 aromatic heterocycles. The number of Topliss-reactive ketones (excluding diaryl/α,β-unsaturated/α-hetero) is 1. The first-order valence-corrected chi connectivity index (χ1v) is 10.4. The second-order valence-electron chi connectivity index (χ2n) is 9.66. The molecule has 0 unspecified atom stereocenters. The molecule has 0 aromatic carbocycles. The van der Waals surface area contributed by atoms with Crippen LogP contribution in [0, 0.1) is 28.6 Å². The summed E-state index contributed by atoms with van der Waals surface area (Å²) in [6.07, 6.45) is 10.5. The molecular weight excluding hydrogens is 356 g/mol. The number of ether oxygens (including phenoxy) is 1. The second-order valence-corrected chi connectivity index (χ2v) is 9.66. The highest BCUT2D eigenvalue weighted by Gasteiger charge is 2.66. The second kappa shape index (κ2) is 6.38. The number of aliphatic hydroxyl groups is 1. The van der Waals surface area contributed by atoms with E-state index in [1.54, 1.807) is 6.08 Å². The van der Waals surface area contributed by atoms with E-state index >= 15 is 0 Å². The summed E-state index contributed by atoms with van der Waals surface area (Å²) in [7, 11) is 0. The Labute approximate surface area is 166 Å². The van der Waals surface area contributed by atoms with Gasteiger partial charge in [0.15, 0.2) is 12.4 Å². The first kappa shape index (κ1) is 19.6. The van der Waals surface area contributed by atoms with Crippen LogP contribution in [0.2, 0.25) is 0 Å². The fourth-order valence-corrected chi connectivity index (χ4v) is 6.96. The van der Waals surface area contributed by atoms with Crippen LogP contribution in [-0.4, -0.2) is 34.9 Å². The summed E-state index contributed by atoms with van der Waals surface area (Å²) >= 11 is 0. The lowest BCUT2D eigenvalue weighted by atomic mass is 9.47.